The number of benzene rings is 2. The fraction of sp³-hybridized carbons (Fsp3) is 0.0625. The molecule has 0 bridgehead atoms. The van der Waals surface area contributed by atoms with E-state index in [0.717, 1.165) is 20.9 Å². The van der Waals surface area contributed by atoms with Crippen molar-refractivity contribution in [2.24, 2.45) is 0 Å². The Morgan fingerprint density at radius 1 is 1.05 bits per heavy atom. The van der Waals surface area contributed by atoms with Gasteiger partial charge in [0, 0.05) is 32.2 Å². The molecule has 1 heterocycles. The zero-order valence-electron chi connectivity index (χ0n) is 10.4. The minimum absolute atomic E-state index is 0.536. The second kappa shape index (κ2) is 5.52. The number of aromatic nitrogens is 1. The number of halogens is 2. The zero-order valence-corrected chi connectivity index (χ0v) is 12.8. The van der Waals surface area contributed by atoms with E-state index in [-0.39, 0.29) is 0 Å². The van der Waals surface area contributed by atoms with Crippen molar-refractivity contribution >= 4 is 38.4 Å². The minimum Gasteiger partial charge on any atom is -0.384 e. The maximum atomic E-state index is 10.6. The molecular weight excluding hydrogens is 338 g/mol. The van der Waals surface area contributed by atoms with E-state index in [2.05, 4.69) is 20.9 Å². The predicted octanol–water partition coefficient (Wildman–Crippen LogP) is 4.73. The van der Waals surface area contributed by atoms with E-state index in [0.29, 0.717) is 10.6 Å². The zero-order chi connectivity index (χ0) is 14.1. The lowest BCUT2D eigenvalue weighted by molar-refractivity contribution is 0.221. The van der Waals surface area contributed by atoms with Gasteiger partial charge in [0.15, 0.2) is 0 Å². The predicted molar refractivity (Wildman–Crippen MR) is 85.0 cm³/mol. The smallest absolute Gasteiger partial charge is 0.108 e. The topological polar surface area (TPSA) is 33.1 Å². The standard InChI is InChI=1S/C16H11BrClNO/c17-11-6-7-14(18)13(9-11)16(20)12-5-1-3-10-4-2-8-19-15(10)12/h1-9,16,20H. The molecule has 1 aromatic heterocycles. The average molecular weight is 349 g/mol. The molecule has 0 fully saturated rings. The van der Waals surface area contributed by atoms with E-state index in [4.69, 9.17) is 11.6 Å². The summed E-state index contributed by atoms with van der Waals surface area (Å²) in [7, 11) is 0. The number of para-hydroxylation sites is 1. The number of aliphatic hydroxyl groups is 1. The van der Waals surface area contributed by atoms with Gasteiger partial charge in [-0.05, 0) is 24.3 Å². The largest absolute Gasteiger partial charge is 0.384 e. The van der Waals surface area contributed by atoms with Gasteiger partial charge in [0.2, 0.25) is 0 Å². The fourth-order valence-electron chi connectivity index (χ4n) is 2.24. The molecule has 0 aliphatic rings. The van der Waals surface area contributed by atoms with Gasteiger partial charge < -0.3 is 5.11 Å². The first-order chi connectivity index (χ1) is 9.66. The average Bonchev–Trinajstić information content (AvgIpc) is 2.48. The molecule has 0 aliphatic heterocycles. The van der Waals surface area contributed by atoms with Crippen LogP contribution >= 0.6 is 27.5 Å². The van der Waals surface area contributed by atoms with Crippen molar-refractivity contribution in [2.75, 3.05) is 0 Å². The highest BCUT2D eigenvalue weighted by Gasteiger charge is 2.17. The molecule has 1 unspecified atom stereocenters. The molecule has 20 heavy (non-hydrogen) atoms. The second-order valence-corrected chi connectivity index (χ2v) is 5.81. The van der Waals surface area contributed by atoms with Crippen molar-refractivity contribution in [1.29, 1.82) is 0 Å². The Morgan fingerprint density at radius 3 is 2.70 bits per heavy atom. The molecule has 1 N–H and O–H groups in total. The van der Waals surface area contributed by atoms with Crippen LogP contribution in [0.25, 0.3) is 10.9 Å². The Kier molecular flexibility index (Phi) is 3.74. The fourth-order valence-corrected chi connectivity index (χ4v) is 2.84. The first-order valence-electron chi connectivity index (χ1n) is 6.13. The van der Waals surface area contributed by atoms with Crippen molar-refractivity contribution < 1.29 is 5.11 Å². The van der Waals surface area contributed by atoms with E-state index in [1.165, 1.54) is 0 Å². The van der Waals surface area contributed by atoms with Gasteiger partial charge in [0.25, 0.3) is 0 Å². The first kappa shape index (κ1) is 13.6. The molecule has 0 amide bonds. The molecule has 4 heteroatoms. The lowest BCUT2D eigenvalue weighted by Crippen LogP contribution is -2.02. The maximum absolute atomic E-state index is 10.6. The van der Waals surface area contributed by atoms with Crippen LogP contribution in [-0.2, 0) is 0 Å². The third kappa shape index (κ3) is 2.44. The summed E-state index contributed by atoms with van der Waals surface area (Å²) in [5.41, 5.74) is 2.21. The number of pyridine rings is 1. The Labute approximate surface area is 130 Å². The summed E-state index contributed by atoms with van der Waals surface area (Å²) in [6.07, 6.45) is 0.916. The summed E-state index contributed by atoms with van der Waals surface area (Å²) >= 11 is 9.59. The summed E-state index contributed by atoms with van der Waals surface area (Å²) in [5.74, 6) is 0. The lowest BCUT2D eigenvalue weighted by atomic mass is 9.99. The van der Waals surface area contributed by atoms with Gasteiger partial charge in [-0.1, -0.05) is 51.8 Å². The van der Waals surface area contributed by atoms with Gasteiger partial charge in [-0.15, -0.1) is 0 Å². The first-order valence-corrected chi connectivity index (χ1v) is 7.30. The highest BCUT2D eigenvalue weighted by molar-refractivity contribution is 9.10. The van der Waals surface area contributed by atoms with Gasteiger partial charge in [0.05, 0.1) is 5.52 Å². The van der Waals surface area contributed by atoms with Gasteiger partial charge in [0.1, 0.15) is 6.10 Å². The van der Waals surface area contributed by atoms with Crippen molar-refractivity contribution in [3.05, 3.63) is 75.4 Å². The molecule has 1 atom stereocenters. The molecule has 100 valence electrons. The summed E-state index contributed by atoms with van der Waals surface area (Å²) in [6, 6.07) is 15.1. The Hall–Kier alpha value is -1.42. The normalized spacial score (nSPS) is 12.6. The van der Waals surface area contributed by atoms with Crippen LogP contribution < -0.4 is 0 Å². The third-order valence-electron chi connectivity index (χ3n) is 3.21. The van der Waals surface area contributed by atoms with Crippen LogP contribution in [0.3, 0.4) is 0 Å². The number of hydrogen-bond acceptors (Lipinski definition) is 2. The number of rotatable bonds is 2. The van der Waals surface area contributed by atoms with Crippen LogP contribution in [0.4, 0.5) is 0 Å². The highest BCUT2D eigenvalue weighted by atomic mass is 79.9. The Morgan fingerprint density at radius 2 is 1.85 bits per heavy atom. The van der Waals surface area contributed by atoms with Gasteiger partial charge >= 0.3 is 0 Å². The van der Waals surface area contributed by atoms with E-state index in [1.807, 2.05) is 42.5 Å². The molecule has 0 aliphatic carbocycles. The summed E-state index contributed by atoms with van der Waals surface area (Å²) in [4.78, 5) is 4.37. The molecular formula is C16H11BrClNO. The van der Waals surface area contributed by atoms with Crippen molar-refractivity contribution in [2.45, 2.75) is 6.10 Å². The maximum Gasteiger partial charge on any atom is 0.108 e. The number of nitrogens with zero attached hydrogens (tertiary/aromatic N) is 1. The molecule has 2 nitrogen and oxygen atoms in total. The molecule has 3 rings (SSSR count). The van der Waals surface area contributed by atoms with Crippen LogP contribution in [0.1, 0.15) is 17.2 Å². The molecule has 0 saturated carbocycles. The van der Waals surface area contributed by atoms with Crippen LogP contribution in [0.15, 0.2) is 59.2 Å². The van der Waals surface area contributed by atoms with E-state index in [9.17, 15) is 5.11 Å². The van der Waals surface area contributed by atoms with Crippen LogP contribution in [0.5, 0.6) is 0 Å². The Bertz CT molecular complexity index is 770. The number of aliphatic hydroxyl groups excluding tert-OH is 1. The molecule has 0 radical (unpaired) electrons. The van der Waals surface area contributed by atoms with Crippen molar-refractivity contribution in [3.63, 3.8) is 0 Å². The van der Waals surface area contributed by atoms with Gasteiger partial charge in [-0.3, -0.25) is 4.98 Å². The molecule has 3 aromatic rings. The summed E-state index contributed by atoms with van der Waals surface area (Å²) in [6.45, 7) is 0. The quantitative estimate of drug-likeness (QED) is 0.726. The summed E-state index contributed by atoms with van der Waals surface area (Å²) < 4.78 is 0.879. The van der Waals surface area contributed by atoms with E-state index >= 15 is 0 Å². The van der Waals surface area contributed by atoms with Crippen molar-refractivity contribution in [3.8, 4) is 0 Å². The van der Waals surface area contributed by atoms with E-state index in [1.54, 1.807) is 12.3 Å². The SMILES string of the molecule is OC(c1cc(Br)ccc1Cl)c1cccc2cccnc12. The summed E-state index contributed by atoms with van der Waals surface area (Å²) in [5, 5.41) is 12.2. The highest BCUT2D eigenvalue weighted by Crippen LogP contribution is 2.33. The monoisotopic (exact) mass is 347 g/mol. The molecule has 2 aromatic carbocycles. The molecule has 0 saturated heterocycles. The Balaban J connectivity index is 2.17. The van der Waals surface area contributed by atoms with Gasteiger partial charge in [-0.2, -0.15) is 0 Å². The van der Waals surface area contributed by atoms with E-state index < -0.39 is 6.10 Å². The van der Waals surface area contributed by atoms with Gasteiger partial charge in [-0.25, -0.2) is 0 Å². The van der Waals surface area contributed by atoms with Crippen LogP contribution in [0, 0.1) is 0 Å². The van der Waals surface area contributed by atoms with Crippen LogP contribution in [-0.4, -0.2) is 10.1 Å². The number of hydrogen-bond donors (Lipinski definition) is 1. The molecule has 0 spiro atoms. The van der Waals surface area contributed by atoms with Crippen molar-refractivity contribution in [1.82, 2.24) is 4.98 Å². The lowest BCUT2D eigenvalue weighted by Gasteiger charge is -2.15. The third-order valence-corrected chi connectivity index (χ3v) is 4.05. The number of fused-ring (bicyclic) bond motifs is 1. The van der Waals surface area contributed by atoms with Crippen LogP contribution in [0.2, 0.25) is 5.02 Å². The second-order valence-electron chi connectivity index (χ2n) is 4.49. The minimum atomic E-state index is -0.807.